The normalized spacial score (nSPS) is 15.7. The van der Waals surface area contributed by atoms with E-state index in [0.29, 0.717) is 12.3 Å². The lowest BCUT2D eigenvalue weighted by atomic mass is 10.1. The molecular formula is C17H21N3O2S. The van der Waals surface area contributed by atoms with Gasteiger partial charge in [-0.25, -0.2) is 4.98 Å². The van der Waals surface area contributed by atoms with Crippen LogP contribution in [0.25, 0.3) is 0 Å². The molecule has 0 unspecified atom stereocenters. The van der Waals surface area contributed by atoms with Crippen LogP contribution < -0.4 is 4.74 Å². The number of carbonyl (C=O) groups is 1. The second-order valence-corrected chi connectivity index (χ2v) is 6.88. The van der Waals surface area contributed by atoms with E-state index in [4.69, 9.17) is 4.74 Å². The highest BCUT2D eigenvalue weighted by Gasteiger charge is 2.24. The van der Waals surface area contributed by atoms with Gasteiger partial charge in [0.15, 0.2) is 0 Å². The molecular weight excluding hydrogens is 310 g/mol. The molecule has 3 rings (SSSR count). The Hall–Kier alpha value is -1.95. The van der Waals surface area contributed by atoms with E-state index < -0.39 is 0 Å². The largest absolute Gasteiger partial charge is 0.474 e. The molecule has 0 aliphatic carbocycles. The molecule has 3 heterocycles. The van der Waals surface area contributed by atoms with E-state index in [1.54, 1.807) is 11.3 Å². The molecule has 0 bridgehead atoms. The zero-order valence-electron chi connectivity index (χ0n) is 13.5. The van der Waals surface area contributed by atoms with E-state index >= 15 is 0 Å². The second kappa shape index (κ2) is 7.08. The Morgan fingerprint density at radius 3 is 2.78 bits per heavy atom. The van der Waals surface area contributed by atoms with Crippen LogP contribution in [0.3, 0.4) is 0 Å². The minimum Gasteiger partial charge on any atom is -0.474 e. The van der Waals surface area contributed by atoms with Crippen molar-refractivity contribution in [2.75, 3.05) is 13.1 Å². The van der Waals surface area contributed by atoms with Gasteiger partial charge < -0.3 is 9.64 Å². The number of carbonyl (C=O) groups excluding carboxylic acids is 1. The zero-order valence-corrected chi connectivity index (χ0v) is 14.3. The Morgan fingerprint density at radius 2 is 2.13 bits per heavy atom. The maximum absolute atomic E-state index is 12.3. The summed E-state index contributed by atoms with van der Waals surface area (Å²) in [5, 5.41) is 2.01. The van der Waals surface area contributed by atoms with Crippen LogP contribution >= 0.6 is 11.3 Å². The quantitative estimate of drug-likeness (QED) is 0.864. The third-order valence-electron chi connectivity index (χ3n) is 3.93. The van der Waals surface area contributed by atoms with Crippen LogP contribution in [-0.4, -0.2) is 40.0 Å². The topological polar surface area (TPSA) is 55.3 Å². The van der Waals surface area contributed by atoms with Crippen LogP contribution in [0.5, 0.6) is 5.88 Å². The molecule has 122 valence electrons. The summed E-state index contributed by atoms with van der Waals surface area (Å²) in [5.74, 6) is 1.57. The van der Waals surface area contributed by atoms with Crippen LogP contribution in [0.1, 0.15) is 29.2 Å². The number of hydrogen-bond donors (Lipinski definition) is 0. The van der Waals surface area contributed by atoms with Crippen molar-refractivity contribution in [2.24, 2.45) is 0 Å². The Kier molecular flexibility index (Phi) is 4.91. The fourth-order valence-corrected chi connectivity index (χ4v) is 3.51. The summed E-state index contributed by atoms with van der Waals surface area (Å²) in [7, 11) is 0. The van der Waals surface area contributed by atoms with E-state index in [-0.39, 0.29) is 12.0 Å². The van der Waals surface area contributed by atoms with Crippen LogP contribution in [0.2, 0.25) is 0 Å². The number of likely N-dealkylation sites (tertiary alicyclic amines) is 1. The maximum Gasteiger partial charge on any atom is 0.227 e. The van der Waals surface area contributed by atoms with Gasteiger partial charge in [0, 0.05) is 42.6 Å². The van der Waals surface area contributed by atoms with Crippen molar-refractivity contribution in [3.05, 3.63) is 40.0 Å². The van der Waals surface area contributed by atoms with Gasteiger partial charge in [0.25, 0.3) is 0 Å². The van der Waals surface area contributed by atoms with Crippen LogP contribution in [0.4, 0.5) is 0 Å². The Bertz CT molecular complexity index is 644. The van der Waals surface area contributed by atoms with Crippen molar-refractivity contribution in [3.8, 4) is 5.88 Å². The predicted octanol–water partition coefficient (Wildman–Crippen LogP) is 2.77. The van der Waals surface area contributed by atoms with Crippen molar-refractivity contribution >= 4 is 17.2 Å². The van der Waals surface area contributed by atoms with Gasteiger partial charge >= 0.3 is 0 Å². The van der Waals surface area contributed by atoms with Crippen molar-refractivity contribution in [3.63, 3.8) is 0 Å². The highest BCUT2D eigenvalue weighted by molar-refractivity contribution is 7.10. The van der Waals surface area contributed by atoms with Crippen molar-refractivity contribution < 1.29 is 9.53 Å². The van der Waals surface area contributed by atoms with Gasteiger partial charge in [0.05, 0.1) is 6.42 Å². The van der Waals surface area contributed by atoms with Gasteiger partial charge in [-0.2, -0.15) is 4.98 Å². The lowest BCUT2D eigenvalue weighted by Gasteiger charge is -2.32. The first-order valence-electron chi connectivity index (χ1n) is 7.89. The molecule has 0 radical (unpaired) electrons. The second-order valence-electron chi connectivity index (χ2n) is 5.85. The lowest BCUT2D eigenvalue weighted by Crippen LogP contribution is -2.42. The first-order valence-corrected chi connectivity index (χ1v) is 8.77. The average Bonchev–Trinajstić information content (AvgIpc) is 3.00. The Morgan fingerprint density at radius 1 is 1.35 bits per heavy atom. The van der Waals surface area contributed by atoms with Crippen molar-refractivity contribution in [2.45, 2.75) is 39.2 Å². The van der Waals surface area contributed by atoms with Gasteiger partial charge in [-0.15, -0.1) is 11.3 Å². The number of nitrogens with zero attached hydrogens (tertiary/aromatic N) is 3. The SMILES string of the molecule is Cc1cc(OC2CCN(C(=O)Cc3cccs3)CC2)nc(C)n1. The molecule has 1 fully saturated rings. The standard InChI is InChI=1S/C17H21N3O2S/c1-12-10-16(19-13(2)18-12)22-14-5-7-20(8-6-14)17(21)11-15-4-3-9-23-15/h3-4,9-10,14H,5-8,11H2,1-2H3. The smallest absolute Gasteiger partial charge is 0.227 e. The van der Waals surface area contributed by atoms with Crippen molar-refractivity contribution in [1.29, 1.82) is 0 Å². The van der Waals surface area contributed by atoms with Gasteiger partial charge in [-0.05, 0) is 25.3 Å². The lowest BCUT2D eigenvalue weighted by molar-refractivity contribution is -0.132. The minimum atomic E-state index is 0.120. The summed E-state index contributed by atoms with van der Waals surface area (Å²) >= 11 is 1.63. The summed E-state index contributed by atoms with van der Waals surface area (Å²) < 4.78 is 5.96. The van der Waals surface area contributed by atoms with Crippen LogP contribution in [0.15, 0.2) is 23.6 Å². The molecule has 1 aliphatic heterocycles. The van der Waals surface area contributed by atoms with Gasteiger partial charge in [0.1, 0.15) is 11.9 Å². The predicted molar refractivity (Wildman–Crippen MR) is 89.8 cm³/mol. The fourth-order valence-electron chi connectivity index (χ4n) is 2.81. The molecule has 5 nitrogen and oxygen atoms in total. The number of aryl methyl sites for hydroxylation is 2. The Balaban J connectivity index is 1.51. The van der Waals surface area contributed by atoms with Crippen LogP contribution in [-0.2, 0) is 11.2 Å². The molecule has 0 spiro atoms. The molecule has 0 aromatic carbocycles. The number of aromatic nitrogens is 2. The Labute approximate surface area is 140 Å². The first-order chi connectivity index (χ1) is 11.1. The van der Waals surface area contributed by atoms with Gasteiger partial charge in [0.2, 0.25) is 11.8 Å². The molecule has 1 saturated heterocycles. The third kappa shape index (κ3) is 4.28. The summed E-state index contributed by atoms with van der Waals surface area (Å²) in [4.78, 5) is 23.9. The molecule has 6 heteroatoms. The third-order valence-corrected chi connectivity index (χ3v) is 4.81. The first kappa shape index (κ1) is 15.9. The number of thiophene rings is 1. The van der Waals surface area contributed by atoms with Crippen LogP contribution in [0, 0.1) is 13.8 Å². The molecule has 2 aromatic rings. The van der Waals surface area contributed by atoms with Crippen molar-refractivity contribution in [1.82, 2.24) is 14.9 Å². The number of amides is 1. The summed E-state index contributed by atoms with van der Waals surface area (Å²) in [6.07, 6.45) is 2.32. The monoisotopic (exact) mass is 331 g/mol. The van der Waals surface area contributed by atoms with Gasteiger partial charge in [-0.3, -0.25) is 4.79 Å². The van der Waals surface area contributed by atoms with E-state index in [1.807, 2.05) is 42.3 Å². The molecule has 23 heavy (non-hydrogen) atoms. The highest BCUT2D eigenvalue weighted by Crippen LogP contribution is 2.19. The summed E-state index contributed by atoms with van der Waals surface area (Å²) in [5.41, 5.74) is 0.913. The molecule has 2 aromatic heterocycles. The highest BCUT2D eigenvalue weighted by atomic mass is 32.1. The van der Waals surface area contributed by atoms with E-state index in [2.05, 4.69) is 9.97 Å². The molecule has 0 atom stereocenters. The molecule has 0 saturated carbocycles. The van der Waals surface area contributed by atoms with Gasteiger partial charge in [-0.1, -0.05) is 6.07 Å². The molecule has 0 N–H and O–H groups in total. The number of rotatable bonds is 4. The maximum atomic E-state index is 12.3. The number of ether oxygens (including phenoxy) is 1. The number of hydrogen-bond acceptors (Lipinski definition) is 5. The van der Waals surface area contributed by atoms with E-state index in [0.717, 1.165) is 42.3 Å². The summed E-state index contributed by atoms with van der Waals surface area (Å²) in [6.45, 7) is 5.30. The average molecular weight is 331 g/mol. The zero-order chi connectivity index (χ0) is 16.2. The minimum absolute atomic E-state index is 0.120. The fraction of sp³-hybridized carbons (Fsp3) is 0.471. The van der Waals surface area contributed by atoms with E-state index in [1.165, 1.54) is 0 Å². The summed E-state index contributed by atoms with van der Waals surface area (Å²) in [6, 6.07) is 5.86. The number of piperidine rings is 1. The molecule has 1 aliphatic rings. The molecule has 1 amide bonds. The van der Waals surface area contributed by atoms with E-state index in [9.17, 15) is 4.79 Å².